The van der Waals surface area contributed by atoms with E-state index in [0.717, 1.165) is 23.4 Å². The monoisotopic (exact) mass is 164 g/mol. The number of nitrogen functional groups attached to an aromatic ring is 1. The van der Waals surface area contributed by atoms with Gasteiger partial charge in [-0.25, -0.2) is 0 Å². The normalized spacial score (nSPS) is 20.9. The van der Waals surface area contributed by atoms with Gasteiger partial charge in [0.05, 0.1) is 12.6 Å². The summed E-state index contributed by atoms with van der Waals surface area (Å²) in [5.41, 5.74) is 8.86. The van der Waals surface area contributed by atoms with Gasteiger partial charge < -0.3 is 16.2 Å². The third-order valence-electron chi connectivity index (χ3n) is 2.33. The van der Waals surface area contributed by atoms with Gasteiger partial charge in [0.2, 0.25) is 0 Å². The van der Waals surface area contributed by atoms with Crippen LogP contribution in [0.25, 0.3) is 0 Å². The predicted molar refractivity (Wildman–Crippen MR) is 47.5 cm³/mol. The quantitative estimate of drug-likeness (QED) is 0.527. The second kappa shape index (κ2) is 2.77. The summed E-state index contributed by atoms with van der Waals surface area (Å²) in [7, 11) is 0. The zero-order valence-electron chi connectivity index (χ0n) is 6.75. The van der Waals surface area contributed by atoms with Crippen molar-refractivity contribution in [2.24, 2.45) is 0 Å². The third-order valence-corrected chi connectivity index (χ3v) is 2.33. The molecule has 1 atom stereocenters. The molecule has 12 heavy (non-hydrogen) atoms. The van der Waals surface area contributed by atoms with Gasteiger partial charge in [0.25, 0.3) is 0 Å². The summed E-state index contributed by atoms with van der Waals surface area (Å²) in [6.45, 7) is 0.906. The summed E-state index contributed by atoms with van der Waals surface area (Å²) >= 11 is 0. The van der Waals surface area contributed by atoms with Gasteiger partial charge in [-0.15, -0.1) is 0 Å². The van der Waals surface area contributed by atoms with Crippen LogP contribution in [0.5, 0.6) is 0 Å². The maximum atomic E-state index is 9.00. The van der Waals surface area contributed by atoms with Gasteiger partial charge in [-0.05, 0) is 17.2 Å². The van der Waals surface area contributed by atoms with Crippen molar-refractivity contribution in [3.05, 3.63) is 29.3 Å². The smallest absolute Gasteiger partial charge is 0.0626 e. The largest absolute Gasteiger partial charge is 0.398 e. The van der Waals surface area contributed by atoms with Crippen LogP contribution in [0.3, 0.4) is 0 Å². The maximum absolute atomic E-state index is 9.00. The van der Waals surface area contributed by atoms with Gasteiger partial charge >= 0.3 is 0 Å². The molecule has 0 fully saturated rings. The number of aliphatic hydroxyl groups is 1. The molecular formula is C9H12N2O. The number of anilines is 1. The second-order valence-corrected chi connectivity index (χ2v) is 3.03. The molecule has 0 saturated carbocycles. The first-order valence-corrected chi connectivity index (χ1v) is 4.04. The van der Waals surface area contributed by atoms with Crippen molar-refractivity contribution in [1.82, 2.24) is 5.32 Å². The lowest BCUT2D eigenvalue weighted by atomic mass is 10.0. The van der Waals surface area contributed by atoms with Crippen LogP contribution in [0.2, 0.25) is 0 Å². The molecule has 0 radical (unpaired) electrons. The summed E-state index contributed by atoms with van der Waals surface area (Å²) in [4.78, 5) is 0. The molecule has 1 aliphatic rings. The Labute approximate surface area is 71.2 Å². The van der Waals surface area contributed by atoms with Gasteiger partial charge in [-0.2, -0.15) is 0 Å². The van der Waals surface area contributed by atoms with E-state index in [2.05, 4.69) is 5.32 Å². The van der Waals surface area contributed by atoms with E-state index in [1.54, 1.807) is 0 Å². The Kier molecular flexibility index (Phi) is 1.75. The van der Waals surface area contributed by atoms with Crippen LogP contribution < -0.4 is 11.1 Å². The lowest BCUT2D eigenvalue weighted by molar-refractivity contribution is 0.251. The van der Waals surface area contributed by atoms with Crippen LogP contribution in [0.15, 0.2) is 18.2 Å². The highest BCUT2D eigenvalue weighted by atomic mass is 16.3. The summed E-state index contributed by atoms with van der Waals surface area (Å²) < 4.78 is 0. The van der Waals surface area contributed by atoms with E-state index < -0.39 is 0 Å². The van der Waals surface area contributed by atoms with Gasteiger partial charge in [0.15, 0.2) is 0 Å². The average Bonchev–Trinajstić information content (AvgIpc) is 2.49. The van der Waals surface area contributed by atoms with Crippen LogP contribution in [-0.4, -0.2) is 11.7 Å². The van der Waals surface area contributed by atoms with E-state index in [1.165, 1.54) is 0 Å². The number of hydrogen-bond acceptors (Lipinski definition) is 3. The first-order valence-electron chi connectivity index (χ1n) is 4.04. The minimum absolute atomic E-state index is 0.0727. The number of rotatable bonds is 1. The van der Waals surface area contributed by atoms with E-state index in [4.69, 9.17) is 10.8 Å². The fourth-order valence-corrected chi connectivity index (χ4v) is 1.65. The van der Waals surface area contributed by atoms with Crippen molar-refractivity contribution in [2.75, 3.05) is 12.3 Å². The molecule has 0 unspecified atom stereocenters. The van der Waals surface area contributed by atoms with E-state index in [-0.39, 0.29) is 12.6 Å². The van der Waals surface area contributed by atoms with Crippen LogP contribution >= 0.6 is 0 Å². The summed E-state index contributed by atoms with van der Waals surface area (Å²) in [5, 5.41) is 12.2. The average molecular weight is 164 g/mol. The van der Waals surface area contributed by atoms with Crippen molar-refractivity contribution >= 4 is 5.69 Å². The van der Waals surface area contributed by atoms with Crippen molar-refractivity contribution in [3.8, 4) is 0 Å². The van der Waals surface area contributed by atoms with E-state index in [9.17, 15) is 0 Å². The number of aliphatic hydroxyl groups excluding tert-OH is 1. The van der Waals surface area contributed by atoms with Crippen molar-refractivity contribution in [3.63, 3.8) is 0 Å². The number of benzene rings is 1. The summed E-state index contributed by atoms with van der Waals surface area (Å²) in [6.07, 6.45) is 0. The summed E-state index contributed by atoms with van der Waals surface area (Å²) in [5.74, 6) is 0. The molecule has 1 aromatic rings. The van der Waals surface area contributed by atoms with Gasteiger partial charge in [-0.3, -0.25) is 0 Å². The van der Waals surface area contributed by atoms with Crippen molar-refractivity contribution in [2.45, 2.75) is 12.6 Å². The molecule has 3 heteroatoms. The number of nitrogens with two attached hydrogens (primary N) is 1. The zero-order chi connectivity index (χ0) is 8.55. The number of fused-ring (bicyclic) bond motifs is 1. The van der Waals surface area contributed by atoms with Crippen LogP contribution in [0.1, 0.15) is 17.2 Å². The predicted octanol–water partition coefficient (Wildman–Crippen LogP) is 0.405. The molecule has 0 spiro atoms. The Bertz CT molecular complexity index is 299. The van der Waals surface area contributed by atoms with Crippen LogP contribution in [0.4, 0.5) is 5.69 Å². The molecule has 64 valence electrons. The lowest BCUT2D eigenvalue weighted by Gasteiger charge is -2.07. The van der Waals surface area contributed by atoms with Crippen LogP contribution in [0, 0.1) is 0 Å². The number of nitrogens with one attached hydrogen (secondary N) is 1. The molecule has 0 aromatic heterocycles. The highest BCUT2D eigenvalue weighted by Crippen LogP contribution is 2.28. The Morgan fingerprint density at radius 3 is 3.17 bits per heavy atom. The fourth-order valence-electron chi connectivity index (χ4n) is 1.65. The Morgan fingerprint density at radius 2 is 2.42 bits per heavy atom. The summed E-state index contributed by atoms with van der Waals surface area (Å²) in [6, 6.07) is 5.89. The van der Waals surface area contributed by atoms with E-state index >= 15 is 0 Å². The fraction of sp³-hybridized carbons (Fsp3) is 0.333. The van der Waals surface area contributed by atoms with Gasteiger partial charge in [-0.1, -0.05) is 12.1 Å². The molecule has 1 heterocycles. The Hall–Kier alpha value is -1.06. The van der Waals surface area contributed by atoms with Gasteiger partial charge in [0.1, 0.15) is 0 Å². The molecular weight excluding hydrogens is 152 g/mol. The van der Waals surface area contributed by atoms with Crippen molar-refractivity contribution in [1.29, 1.82) is 0 Å². The zero-order valence-corrected chi connectivity index (χ0v) is 6.75. The molecule has 3 nitrogen and oxygen atoms in total. The molecule has 4 N–H and O–H groups in total. The number of hydrogen-bond donors (Lipinski definition) is 3. The standard InChI is InChI=1S/C9H12N2O/c10-8-3-1-2-6-7(8)4-11-9(6)5-12/h1-3,9,11-12H,4-5,10H2/t9-/m0/s1. The lowest BCUT2D eigenvalue weighted by Crippen LogP contribution is -2.15. The first kappa shape index (κ1) is 7.58. The van der Waals surface area contributed by atoms with E-state index in [0.29, 0.717) is 0 Å². The maximum Gasteiger partial charge on any atom is 0.0626 e. The highest BCUT2D eigenvalue weighted by Gasteiger charge is 2.21. The third kappa shape index (κ3) is 0.983. The highest BCUT2D eigenvalue weighted by molar-refractivity contribution is 5.53. The molecule has 0 amide bonds. The molecule has 1 aromatic carbocycles. The Balaban J connectivity index is 2.46. The SMILES string of the molecule is Nc1cccc2c1CN[C@H]2CO. The minimum Gasteiger partial charge on any atom is -0.398 e. The van der Waals surface area contributed by atoms with Crippen molar-refractivity contribution < 1.29 is 5.11 Å². The van der Waals surface area contributed by atoms with Gasteiger partial charge in [0, 0.05) is 12.2 Å². The molecule has 0 aliphatic carbocycles. The molecule has 1 aliphatic heterocycles. The topological polar surface area (TPSA) is 58.3 Å². The van der Waals surface area contributed by atoms with Crippen LogP contribution in [-0.2, 0) is 6.54 Å². The van der Waals surface area contributed by atoms with E-state index in [1.807, 2.05) is 18.2 Å². The Morgan fingerprint density at radius 1 is 1.58 bits per heavy atom. The molecule has 0 bridgehead atoms. The molecule has 0 saturated heterocycles. The molecule has 2 rings (SSSR count). The first-order chi connectivity index (χ1) is 5.83. The minimum atomic E-state index is 0.0727. The second-order valence-electron chi connectivity index (χ2n) is 3.03.